The van der Waals surface area contributed by atoms with Crippen molar-refractivity contribution in [2.45, 2.75) is 39.5 Å². The second-order valence-electron chi connectivity index (χ2n) is 6.65. The molecule has 1 aliphatic heterocycles. The number of unbranched alkanes of at least 4 members (excludes halogenated alkanes) is 1. The fourth-order valence-corrected chi connectivity index (χ4v) is 4.10. The normalized spacial score (nSPS) is 18.1. The Bertz CT molecular complexity index is 746. The molecule has 2 rings (SSSR count). The van der Waals surface area contributed by atoms with Gasteiger partial charge in [0.15, 0.2) is 0 Å². The molecule has 0 saturated carbocycles. The molecule has 1 aromatic carbocycles. The molecule has 1 heterocycles. The van der Waals surface area contributed by atoms with Crippen molar-refractivity contribution in [1.82, 2.24) is 4.31 Å². The number of hydrogen-bond acceptors (Lipinski definition) is 5. The van der Waals surface area contributed by atoms with Gasteiger partial charge in [0.1, 0.15) is 0 Å². The Hall–Kier alpha value is -1.93. The van der Waals surface area contributed by atoms with Gasteiger partial charge in [0.05, 0.1) is 23.8 Å². The van der Waals surface area contributed by atoms with Crippen LogP contribution in [-0.2, 0) is 19.6 Å². The number of nitrogens with zero attached hydrogens (tertiary/aromatic N) is 1. The molecule has 1 saturated heterocycles. The van der Waals surface area contributed by atoms with Crippen molar-refractivity contribution in [3.05, 3.63) is 29.8 Å². The van der Waals surface area contributed by atoms with Crippen LogP contribution in [0.3, 0.4) is 0 Å². The maximum absolute atomic E-state index is 12.5. The highest BCUT2D eigenvalue weighted by Gasteiger charge is 2.31. The maximum atomic E-state index is 12.5. The first-order chi connectivity index (χ1) is 12.9. The first-order valence-corrected chi connectivity index (χ1v) is 11.0. The minimum atomic E-state index is -3.28. The Morgan fingerprint density at radius 3 is 2.56 bits per heavy atom. The van der Waals surface area contributed by atoms with Gasteiger partial charge < -0.3 is 10.1 Å². The minimum absolute atomic E-state index is 0.0388. The molecule has 27 heavy (non-hydrogen) atoms. The van der Waals surface area contributed by atoms with Crippen LogP contribution in [0, 0.1) is 5.92 Å². The molecule has 8 heteroatoms. The second kappa shape index (κ2) is 9.85. The molecule has 1 amide bonds. The predicted molar refractivity (Wildman–Crippen MR) is 104 cm³/mol. The van der Waals surface area contributed by atoms with E-state index in [9.17, 15) is 18.0 Å². The smallest absolute Gasteiger partial charge is 0.338 e. The van der Waals surface area contributed by atoms with Gasteiger partial charge >= 0.3 is 5.97 Å². The lowest BCUT2D eigenvalue weighted by Gasteiger charge is -2.30. The monoisotopic (exact) mass is 396 g/mol. The minimum Gasteiger partial charge on any atom is -0.462 e. The molecule has 0 bridgehead atoms. The summed E-state index contributed by atoms with van der Waals surface area (Å²) in [5.41, 5.74) is 1.00. The third-order valence-corrected chi connectivity index (χ3v) is 6.48. The van der Waals surface area contributed by atoms with E-state index in [1.165, 1.54) is 4.31 Å². The lowest BCUT2D eigenvalue weighted by Crippen LogP contribution is -2.44. The lowest BCUT2D eigenvalue weighted by atomic mass is 9.98. The summed E-state index contributed by atoms with van der Waals surface area (Å²) >= 11 is 0. The van der Waals surface area contributed by atoms with Crippen LogP contribution < -0.4 is 5.32 Å². The zero-order valence-electron chi connectivity index (χ0n) is 15.9. The molecule has 0 radical (unpaired) electrons. The average molecular weight is 397 g/mol. The Balaban J connectivity index is 1.92. The molecule has 1 aromatic rings. The summed E-state index contributed by atoms with van der Waals surface area (Å²) in [5.74, 6) is -0.922. The average Bonchev–Trinajstić information content (AvgIpc) is 2.68. The van der Waals surface area contributed by atoms with E-state index >= 15 is 0 Å². The summed E-state index contributed by atoms with van der Waals surface area (Å²) in [4.78, 5) is 24.4. The van der Waals surface area contributed by atoms with Crippen molar-refractivity contribution in [3.63, 3.8) is 0 Å². The highest BCUT2D eigenvalue weighted by atomic mass is 32.2. The molecule has 1 N–H and O–H groups in total. The van der Waals surface area contributed by atoms with E-state index in [0.717, 1.165) is 12.8 Å². The molecule has 0 aliphatic carbocycles. The van der Waals surface area contributed by atoms with Gasteiger partial charge in [-0.25, -0.2) is 17.5 Å². The Kier molecular flexibility index (Phi) is 7.79. The van der Waals surface area contributed by atoms with Crippen molar-refractivity contribution < 1.29 is 22.7 Å². The van der Waals surface area contributed by atoms with Gasteiger partial charge in [0, 0.05) is 18.8 Å². The molecular formula is C19H28N2O5S. The quantitative estimate of drug-likeness (QED) is 0.539. The van der Waals surface area contributed by atoms with Gasteiger partial charge in [-0.05, 0) is 50.5 Å². The number of carbonyl (C=O) groups is 2. The number of amides is 1. The zero-order valence-corrected chi connectivity index (χ0v) is 16.8. The SMILES string of the molecule is CCCCOC(=O)c1ccc(NC(=O)[C@H]2CCCN(S(=O)(=O)CC)C2)cc1. The van der Waals surface area contributed by atoms with Crippen LogP contribution in [0.4, 0.5) is 5.69 Å². The largest absolute Gasteiger partial charge is 0.462 e. The van der Waals surface area contributed by atoms with E-state index < -0.39 is 10.0 Å². The van der Waals surface area contributed by atoms with Gasteiger partial charge in [-0.2, -0.15) is 0 Å². The van der Waals surface area contributed by atoms with Crippen LogP contribution >= 0.6 is 0 Å². The first-order valence-electron chi connectivity index (χ1n) is 9.43. The number of carbonyl (C=O) groups excluding carboxylic acids is 2. The standard InChI is InChI=1S/C19H28N2O5S/c1-3-5-13-26-19(23)15-8-10-17(11-9-15)20-18(22)16-7-6-12-21(14-16)27(24,25)4-2/h8-11,16H,3-7,12-14H2,1-2H3,(H,20,22)/t16-/m0/s1. The fraction of sp³-hybridized carbons (Fsp3) is 0.579. The summed E-state index contributed by atoms with van der Waals surface area (Å²) < 4.78 is 30.6. The molecule has 150 valence electrons. The topological polar surface area (TPSA) is 92.8 Å². The third kappa shape index (κ3) is 6.04. The number of nitrogens with one attached hydrogen (secondary N) is 1. The predicted octanol–water partition coefficient (Wildman–Crippen LogP) is 2.64. The molecule has 1 atom stereocenters. The summed E-state index contributed by atoms with van der Waals surface area (Å²) in [6.45, 7) is 4.70. The number of hydrogen-bond donors (Lipinski definition) is 1. The van der Waals surface area contributed by atoms with E-state index in [4.69, 9.17) is 4.74 Å². The van der Waals surface area contributed by atoms with Crippen LogP contribution in [0.1, 0.15) is 49.9 Å². The van der Waals surface area contributed by atoms with E-state index in [0.29, 0.717) is 37.2 Å². The van der Waals surface area contributed by atoms with Gasteiger partial charge in [-0.15, -0.1) is 0 Å². The number of rotatable bonds is 8. The molecule has 0 spiro atoms. The number of esters is 1. The molecule has 1 aliphatic rings. The van der Waals surface area contributed by atoms with Crippen molar-refractivity contribution in [2.24, 2.45) is 5.92 Å². The Morgan fingerprint density at radius 1 is 1.22 bits per heavy atom. The van der Waals surface area contributed by atoms with E-state index in [1.54, 1.807) is 31.2 Å². The summed E-state index contributed by atoms with van der Waals surface area (Å²) in [7, 11) is -3.28. The van der Waals surface area contributed by atoms with Crippen LogP contribution in [0.25, 0.3) is 0 Å². The maximum Gasteiger partial charge on any atom is 0.338 e. The van der Waals surface area contributed by atoms with Crippen molar-refractivity contribution in [3.8, 4) is 0 Å². The highest BCUT2D eigenvalue weighted by Crippen LogP contribution is 2.21. The Labute approximate surface area is 161 Å². The van der Waals surface area contributed by atoms with Gasteiger partial charge in [0.25, 0.3) is 0 Å². The summed E-state index contributed by atoms with van der Waals surface area (Å²) in [5, 5.41) is 2.81. The van der Waals surface area contributed by atoms with Gasteiger partial charge in [-0.1, -0.05) is 13.3 Å². The van der Waals surface area contributed by atoms with Crippen LogP contribution in [0.15, 0.2) is 24.3 Å². The number of benzene rings is 1. The number of anilines is 1. The van der Waals surface area contributed by atoms with Crippen molar-refractivity contribution in [2.75, 3.05) is 30.8 Å². The summed E-state index contributed by atoms with van der Waals surface area (Å²) in [6.07, 6.45) is 3.10. The molecular weight excluding hydrogens is 368 g/mol. The molecule has 0 unspecified atom stereocenters. The Morgan fingerprint density at radius 2 is 1.93 bits per heavy atom. The van der Waals surface area contributed by atoms with Crippen LogP contribution in [0.5, 0.6) is 0 Å². The van der Waals surface area contributed by atoms with Crippen molar-refractivity contribution in [1.29, 1.82) is 0 Å². The van der Waals surface area contributed by atoms with E-state index in [-0.39, 0.29) is 30.1 Å². The van der Waals surface area contributed by atoms with E-state index in [1.807, 2.05) is 6.92 Å². The van der Waals surface area contributed by atoms with Gasteiger partial charge in [-0.3, -0.25) is 4.79 Å². The molecule has 7 nitrogen and oxygen atoms in total. The number of piperidine rings is 1. The second-order valence-corrected chi connectivity index (χ2v) is 8.91. The zero-order chi connectivity index (χ0) is 19.9. The first kappa shape index (κ1) is 21.4. The van der Waals surface area contributed by atoms with Crippen LogP contribution in [0.2, 0.25) is 0 Å². The number of sulfonamides is 1. The van der Waals surface area contributed by atoms with E-state index in [2.05, 4.69) is 5.32 Å². The van der Waals surface area contributed by atoms with Crippen LogP contribution in [-0.4, -0.2) is 50.0 Å². The molecule has 1 fully saturated rings. The molecule has 0 aromatic heterocycles. The lowest BCUT2D eigenvalue weighted by molar-refractivity contribution is -0.120. The summed E-state index contributed by atoms with van der Waals surface area (Å²) in [6, 6.07) is 6.52. The number of ether oxygens (including phenoxy) is 1. The highest BCUT2D eigenvalue weighted by molar-refractivity contribution is 7.89. The third-order valence-electron chi connectivity index (χ3n) is 4.63. The fourth-order valence-electron chi connectivity index (χ4n) is 2.92. The van der Waals surface area contributed by atoms with Gasteiger partial charge in [0.2, 0.25) is 15.9 Å². The van der Waals surface area contributed by atoms with Crippen molar-refractivity contribution >= 4 is 27.6 Å².